The summed E-state index contributed by atoms with van der Waals surface area (Å²) in [5.41, 5.74) is 1.46. The predicted molar refractivity (Wildman–Crippen MR) is 80.5 cm³/mol. The molecule has 18 heavy (non-hydrogen) atoms. The van der Waals surface area contributed by atoms with Crippen LogP contribution in [0.2, 0.25) is 0 Å². The van der Waals surface area contributed by atoms with Gasteiger partial charge in [0.2, 0.25) is 0 Å². The van der Waals surface area contributed by atoms with Crippen molar-refractivity contribution in [3.8, 4) is 0 Å². The summed E-state index contributed by atoms with van der Waals surface area (Å²) in [6, 6.07) is 11.6. The molecule has 1 aromatic rings. The van der Waals surface area contributed by atoms with Gasteiger partial charge in [0.1, 0.15) is 0 Å². The van der Waals surface area contributed by atoms with Crippen LogP contribution < -0.4 is 5.32 Å². The average molecular weight is 269 g/mol. The Morgan fingerprint density at radius 1 is 1.28 bits per heavy atom. The Morgan fingerprint density at radius 3 is 2.78 bits per heavy atom. The van der Waals surface area contributed by atoms with Gasteiger partial charge in [-0.2, -0.15) is 0 Å². The molecule has 2 nitrogen and oxygen atoms in total. The van der Waals surface area contributed by atoms with Gasteiger partial charge in [0, 0.05) is 32.2 Å². The second-order valence-electron chi connectivity index (χ2n) is 4.92. The van der Waals surface area contributed by atoms with Gasteiger partial charge < -0.3 is 5.32 Å². The average Bonchev–Trinajstić information content (AvgIpc) is 2.39. The molecule has 0 amide bonds. The van der Waals surface area contributed by atoms with Gasteiger partial charge in [-0.25, -0.2) is 0 Å². The molecule has 1 aliphatic heterocycles. The molecule has 1 aliphatic rings. The zero-order chi connectivity index (χ0) is 11.9. The first-order chi connectivity index (χ1) is 8.40. The Bertz CT molecular complexity index is 314. The van der Waals surface area contributed by atoms with Crippen LogP contribution in [0.15, 0.2) is 30.3 Å². The Morgan fingerprint density at radius 2 is 2.06 bits per heavy atom. The lowest BCUT2D eigenvalue weighted by Crippen LogP contribution is -2.51. The number of nitrogens with zero attached hydrogens (tertiary/aromatic N) is 1. The molecule has 3 heteroatoms. The van der Waals surface area contributed by atoms with Gasteiger partial charge in [-0.3, -0.25) is 4.90 Å². The van der Waals surface area contributed by atoms with Crippen molar-refractivity contribution in [1.82, 2.24) is 10.2 Å². The Hall–Kier alpha value is -0.570. The fourth-order valence-corrected chi connectivity index (χ4v) is 2.63. The number of piperazine rings is 1. The van der Waals surface area contributed by atoms with E-state index in [0.29, 0.717) is 0 Å². The molecule has 0 bridgehead atoms. The van der Waals surface area contributed by atoms with Gasteiger partial charge in [0.25, 0.3) is 0 Å². The van der Waals surface area contributed by atoms with Crippen molar-refractivity contribution in [2.45, 2.75) is 32.2 Å². The highest BCUT2D eigenvalue weighted by Crippen LogP contribution is 2.11. The molecular formula is C15H25ClN2. The maximum atomic E-state index is 3.51. The highest BCUT2D eigenvalue weighted by molar-refractivity contribution is 5.85. The maximum Gasteiger partial charge on any atom is 0.0221 e. The maximum absolute atomic E-state index is 3.51. The standard InChI is InChI=1S/C15H24N2.ClH/c1-2-6-15-13-16-10-12-17(15)11-9-14-7-4-3-5-8-14;/h3-5,7-8,15-16H,2,6,9-13H2,1H3;1H. The van der Waals surface area contributed by atoms with Gasteiger partial charge in [-0.05, 0) is 18.4 Å². The molecule has 0 aromatic heterocycles. The van der Waals surface area contributed by atoms with E-state index in [1.54, 1.807) is 0 Å². The number of rotatable bonds is 5. The van der Waals surface area contributed by atoms with Crippen LogP contribution in [-0.2, 0) is 6.42 Å². The third kappa shape index (κ3) is 4.60. The molecule has 0 saturated carbocycles. The minimum atomic E-state index is 0. The fourth-order valence-electron chi connectivity index (χ4n) is 2.63. The SMILES string of the molecule is CCCC1CNCCN1CCc1ccccc1.Cl. The lowest BCUT2D eigenvalue weighted by molar-refractivity contribution is 0.154. The van der Waals surface area contributed by atoms with E-state index in [2.05, 4.69) is 47.5 Å². The normalized spacial score (nSPS) is 20.4. The number of hydrogen-bond acceptors (Lipinski definition) is 2. The van der Waals surface area contributed by atoms with Crippen LogP contribution >= 0.6 is 12.4 Å². The van der Waals surface area contributed by atoms with Crippen LogP contribution in [0.1, 0.15) is 25.3 Å². The summed E-state index contributed by atoms with van der Waals surface area (Å²) >= 11 is 0. The summed E-state index contributed by atoms with van der Waals surface area (Å²) in [6.45, 7) is 7.01. The lowest BCUT2D eigenvalue weighted by Gasteiger charge is -2.36. The van der Waals surface area contributed by atoms with E-state index < -0.39 is 0 Å². The first-order valence-electron chi connectivity index (χ1n) is 6.89. The summed E-state index contributed by atoms with van der Waals surface area (Å²) in [5.74, 6) is 0. The third-order valence-corrected chi connectivity index (χ3v) is 3.62. The van der Waals surface area contributed by atoms with Crippen molar-refractivity contribution in [2.24, 2.45) is 0 Å². The number of nitrogens with one attached hydrogen (secondary N) is 1. The van der Waals surface area contributed by atoms with Crippen molar-refractivity contribution in [2.75, 3.05) is 26.2 Å². The van der Waals surface area contributed by atoms with Gasteiger partial charge in [0.15, 0.2) is 0 Å². The zero-order valence-electron chi connectivity index (χ0n) is 11.3. The van der Waals surface area contributed by atoms with Gasteiger partial charge in [-0.15, -0.1) is 12.4 Å². The molecule has 1 fully saturated rings. The predicted octanol–water partition coefficient (Wildman–Crippen LogP) is 2.72. The number of hydrogen-bond donors (Lipinski definition) is 1. The second kappa shape index (κ2) is 8.52. The van der Waals surface area contributed by atoms with E-state index in [9.17, 15) is 0 Å². The van der Waals surface area contributed by atoms with Crippen LogP contribution in [0.3, 0.4) is 0 Å². The van der Waals surface area contributed by atoms with E-state index in [1.165, 1.54) is 44.5 Å². The van der Waals surface area contributed by atoms with E-state index in [1.807, 2.05) is 0 Å². The minimum Gasteiger partial charge on any atom is -0.314 e. The molecule has 0 spiro atoms. The highest BCUT2D eigenvalue weighted by atomic mass is 35.5. The zero-order valence-corrected chi connectivity index (χ0v) is 12.1. The second-order valence-corrected chi connectivity index (χ2v) is 4.92. The summed E-state index contributed by atoms with van der Waals surface area (Å²) in [6.07, 6.45) is 3.79. The fraction of sp³-hybridized carbons (Fsp3) is 0.600. The van der Waals surface area contributed by atoms with Gasteiger partial charge in [0.05, 0.1) is 0 Å². The van der Waals surface area contributed by atoms with E-state index in [4.69, 9.17) is 0 Å². The molecule has 0 aliphatic carbocycles. The summed E-state index contributed by atoms with van der Waals surface area (Å²) < 4.78 is 0. The molecule has 2 rings (SSSR count). The van der Waals surface area contributed by atoms with E-state index >= 15 is 0 Å². The Kier molecular flexibility index (Phi) is 7.33. The molecule has 1 heterocycles. The van der Waals surface area contributed by atoms with Crippen molar-refractivity contribution in [3.63, 3.8) is 0 Å². The van der Waals surface area contributed by atoms with Crippen molar-refractivity contribution in [3.05, 3.63) is 35.9 Å². The molecule has 1 N–H and O–H groups in total. The minimum absolute atomic E-state index is 0. The molecule has 0 radical (unpaired) electrons. The Balaban J connectivity index is 0.00000162. The summed E-state index contributed by atoms with van der Waals surface area (Å²) in [4.78, 5) is 2.66. The van der Waals surface area contributed by atoms with Crippen LogP contribution in [0.5, 0.6) is 0 Å². The number of benzene rings is 1. The number of halogens is 1. The van der Waals surface area contributed by atoms with Crippen molar-refractivity contribution < 1.29 is 0 Å². The van der Waals surface area contributed by atoms with Crippen LogP contribution in [0, 0.1) is 0 Å². The van der Waals surface area contributed by atoms with E-state index in [0.717, 1.165) is 12.6 Å². The van der Waals surface area contributed by atoms with Crippen molar-refractivity contribution >= 4 is 12.4 Å². The lowest BCUT2D eigenvalue weighted by atomic mass is 10.1. The molecule has 1 saturated heterocycles. The first kappa shape index (κ1) is 15.5. The molecule has 102 valence electrons. The molecule has 1 unspecified atom stereocenters. The summed E-state index contributed by atoms with van der Waals surface area (Å²) in [5, 5.41) is 3.51. The smallest absolute Gasteiger partial charge is 0.0221 e. The van der Waals surface area contributed by atoms with Gasteiger partial charge in [-0.1, -0.05) is 43.7 Å². The third-order valence-electron chi connectivity index (χ3n) is 3.62. The topological polar surface area (TPSA) is 15.3 Å². The Labute approximate surface area is 117 Å². The van der Waals surface area contributed by atoms with Crippen LogP contribution in [-0.4, -0.2) is 37.1 Å². The molecule has 1 aromatic carbocycles. The van der Waals surface area contributed by atoms with Crippen molar-refractivity contribution in [1.29, 1.82) is 0 Å². The van der Waals surface area contributed by atoms with E-state index in [-0.39, 0.29) is 12.4 Å². The monoisotopic (exact) mass is 268 g/mol. The van der Waals surface area contributed by atoms with Crippen LogP contribution in [0.25, 0.3) is 0 Å². The highest BCUT2D eigenvalue weighted by Gasteiger charge is 2.20. The van der Waals surface area contributed by atoms with Gasteiger partial charge >= 0.3 is 0 Å². The quantitative estimate of drug-likeness (QED) is 0.883. The first-order valence-corrected chi connectivity index (χ1v) is 6.89. The molecular weight excluding hydrogens is 244 g/mol. The summed E-state index contributed by atoms with van der Waals surface area (Å²) in [7, 11) is 0. The molecule has 1 atom stereocenters. The largest absolute Gasteiger partial charge is 0.314 e. The van der Waals surface area contributed by atoms with Crippen LogP contribution in [0.4, 0.5) is 0 Å².